The van der Waals surface area contributed by atoms with Crippen LogP contribution in [0.5, 0.6) is 0 Å². The lowest BCUT2D eigenvalue weighted by atomic mass is 9.69. The van der Waals surface area contributed by atoms with Gasteiger partial charge in [-0.25, -0.2) is 0 Å². The molecule has 1 heteroatoms. The maximum atomic E-state index is 9.97. The van der Waals surface area contributed by atoms with Crippen molar-refractivity contribution in [1.82, 2.24) is 0 Å². The molecule has 0 aromatic rings. The average molecular weight is 236 g/mol. The summed E-state index contributed by atoms with van der Waals surface area (Å²) in [4.78, 5) is 0. The van der Waals surface area contributed by atoms with E-state index in [2.05, 4.69) is 26.8 Å². The van der Waals surface area contributed by atoms with Crippen molar-refractivity contribution in [3.05, 3.63) is 11.6 Å². The van der Waals surface area contributed by atoms with Gasteiger partial charge in [-0.05, 0) is 55.8 Å². The topological polar surface area (TPSA) is 20.2 Å². The molecule has 17 heavy (non-hydrogen) atoms. The SMILES string of the molecule is CCC1CCC(C2=CC(O)CC(C)(C)C2)CC1. The molecule has 98 valence electrons. The van der Waals surface area contributed by atoms with Crippen molar-refractivity contribution in [3.63, 3.8) is 0 Å². The maximum Gasteiger partial charge on any atom is 0.0728 e. The Morgan fingerprint density at radius 2 is 1.88 bits per heavy atom. The molecule has 0 saturated heterocycles. The second-order valence-corrected chi connectivity index (χ2v) is 6.98. The van der Waals surface area contributed by atoms with Gasteiger partial charge < -0.3 is 5.11 Å². The van der Waals surface area contributed by atoms with Gasteiger partial charge in [0.2, 0.25) is 0 Å². The Morgan fingerprint density at radius 3 is 2.41 bits per heavy atom. The minimum atomic E-state index is -0.197. The van der Waals surface area contributed by atoms with Crippen molar-refractivity contribution in [2.24, 2.45) is 17.3 Å². The molecule has 1 unspecified atom stereocenters. The third-order valence-electron chi connectivity index (χ3n) is 4.80. The van der Waals surface area contributed by atoms with E-state index in [1.807, 2.05) is 0 Å². The first kappa shape index (κ1) is 13.1. The molecule has 1 N–H and O–H groups in total. The molecule has 0 aliphatic heterocycles. The van der Waals surface area contributed by atoms with E-state index >= 15 is 0 Å². The smallest absolute Gasteiger partial charge is 0.0728 e. The molecule has 2 rings (SSSR count). The highest BCUT2D eigenvalue weighted by Gasteiger charge is 2.32. The molecular weight excluding hydrogens is 208 g/mol. The Hall–Kier alpha value is -0.300. The van der Waals surface area contributed by atoms with Gasteiger partial charge in [-0.1, -0.05) is 38.8 Å². The highest BCUT2D eigenvalue weighted by molar-refractivity contribution is 5.16. The van der Waals surface area contributed by atoms with E-state index in [0.29, 0.717) is 5.41 Å². The summed E-state index contributed by atoms with van der Waals surface area (Å²) in [6, 6.07) is 0. The molecule has 0 aromatic carbocycles. The predicted molar refractivity (Wildman–Crippen MR) is 72.8 cm³/mol. The third-order valence-corrected chi connectivity index (χ3v) is 4.80. The normalized spacial score (nSPS) is 37.6. The number of aliphatic hydroxyl groups excluding tert-OH is 1. The van der Waals surface area contributed by atoms with Gasteiger partial charge in [-0.3, -0.25) is 0 Å². The molecule has 2 aliphatic carbocycles. The van der Waals surface area contributed by atoms with E-state index in [-0.39, 0.29) is 6.10 Å². The number of rotatable bonds is 2. The molecule has 0 radical (unpaired) electrons. The van der Waals surface area contributed by atoms with E-state index in [1.54, 1.807) is 5.57 Å². The predicted octanol–water partition coefficient (Wildman–Crippen LogP) is 4.31. The second-order valence-electron chi connectivity index (χ2n) is 6.98. The summed E-state index contributed by atoms with van der Waals surface area (Å²) >= 11 is 0. The summed E-state index contributed by atoms with van der Waals surface area (Å²) in [6.07, 6.45) is 11.0. The zero-order chi connectivity index (χ0) is 12.5. The van der Waals surface area contributed by atoms with Crippen molar-refractivity contribution in [3.8, 4) is 0 Å². The van der Waals surface area contributed by atoms with Gasteiger partial charge in [0.05, 0.1) is 6.10 Å². The fourth-order valence-electron chi connectivity index (χ4n) is 3.78. The van der Waals surface area contributed by atoms with Crippen LogP contribution in [0, 0.1) is 17.3 Å². The largest absolute Gasteiger partial charge is 0.389 e. The third kappa shape index (κ3) is 3.34. The van der Waals surface area contributed by atoms with Crippen molar-refractivity contribution in [2.45, 2.75) is 71.8 Å². The maximum absolute atomic E-state index is 9.97. The first-order valence-corrected chi connectivity index (χ1v) is 7.39. The summed E-state index contributed by atoms with van der Waals surface area (Å²) in [5.41, 5.74) is 1.86. The molecule has 0 aromatic heterocycles. The lowest BCUT2D eigenvalue weighted by Crippen LogP contribution is -2.28. The van der Waals surface area contributed by atoms with Gasteiger partial charge in [0.25, 0.3) is 0 Å². The van der Waals surface area contributed by atoms with Crippen LogP contribution < -0.4 is 0 Å². The van der Waals surface area contributed by atoms with Crippen molar-refractivity contribution < 1.29 is 5.11 Å². The van der Waals surface area contributed by atoms with Gasteiger partial charge in [0.15, 0.2) is 0 Å². The van der Waals surface area contributed by atoms with Gasteiger partial charge in [-0.15, -0.1) is 0 Å². The van der Waals surface area contributed by atoms with Crippen molar-refractivity contribution >= 4 is 0 Å². The summed E-state index contributed by atoms with van der Waals surface area (Å²) in [5, 5.41) is 9.97. The van der Waals surface area contributed by atoms with Crippen LogP contribution in [0.3, 0.4) is 0 Å². The summed E-state index contributed by atoms with van der Waals surface area (Å²) in [7, 11) is 0. The highest BCUT2D eigenvalue weighted by Crippen LogP contribution is 2.43. The van der Waals surface area contributed by atoms with Gasteiger partial charge in [-0.2, -0.15) is 0 Å². The zero-order valence-electron chi connectivity index (χ0n) is 11.7. The molecule has 1 saturated carbocycles. The minimum absolute atomic E-state index is 0.197. The number of hydrogen-bond acceptors (Lipinski definition) is 1. The Bertz CT molecular complexity index is 282. The van der Waals surface area contributed by atoms with Crippen LogP contribution in [0.25, 0.3) is 0 Å². The van der Waals surface area contributed by atoms with Crippen molar-refractivity contribution in [2.75, 3.05) is 0 Å². The first-order chi connectivity index (χ1) is 8.00. The molecular formula is C16H28O. The quantitative estimate of drug-likeness (QED) is 0.708. The molecule has 1 fully saturated rings. The van der Waals surface area contributed by atoms with Gasteiger partial charge in [0, 0.05) is 0 Å². The molecule has 0 spiro atoms. The van der Waals surface area contributed by atoms with E-state index in [4.69, 9.17) is 0 Å². The second kappa shape index (κ2) is 5.14. The first-order valence-electron chi connectivity index (χ1n) is 7.39. The van der Waals surface area contributed by atoms with Crippen LogP contribution in [-0.2, 0) is 0 Å². The minimum Gasteiger partial charge on any atom is -0.389 e. The molecule has 0 bridgehead atoms. The lowest BCUT2D eigenvalue weighted by molar-refractivity contribution is 0.131. The van der Waals surface area contributed by atoms with Gasteiger partial charge in [0.1, 0.15) is 0 Å². The Balaban J connectivity index is 1.98. The highest BCUT2D eigenvalue weighted by atomic mass is 16.3. The monoisotopic (exact) mass is 236 g/mol. The fourth-order valence-corrected chi connectivity index (χ4v) is 3.78. The number of hydrogen-bond donors (Lipinski definition) is 1. The number of aliphatic hydroxyl groups is 1. The fraction of sp³-hybridized carbons (Fsp3) is 0.875. The van der Waals surface area contributed by atoms with Crippen LogP contribution in [0.4, 0.5) is 0 Å². The van der Waals surface area contributed by atoms with E-state index < -0.39 is 0 Å². The van der Waals surface area contributed by atoms with Crippen LogP contribution in [0.2, 0.25) is 0 Å². The van der Waals surface area contributed by atoms with Gasteiger partial charge >= 0.3 is 0 Å². The summed E-state index contributed by atoms with van der Waals surface area (Å²) < 4.78 is 0. The van der Waals surface area contributed by atoms with E-state index in [0.717, 1.165) is 18.3 Å². The van der Waals surface area contributed by atoms with Crippen LogP contribution >= 0.6 is 0 Å². The Labute approximate surface area is 106 Å². The molecule has 0 heterocycles. The van der Waals surface area contributed by atoms with Crippen molar-refractivity contribution in [1.29, 1.82) is 0 Å². The van der Waals surface area contributed by atoms with E-state index in [1.165, 1.54) is 38.5 Å². The standard InChI is InChI=1S/C16H28O/c1-4-12-5-7-13(8-6-12)14-9-15(17)11-16(2,3)10-14/h9,12-13,15,17H,4-8,10-11H2,1-3H3. The van der Waals surface area contributed by atoms with E-state index in [9.17, 15) is 5.11 Å². The lowest BCUT2D eigenvalue weighted by Gasteiger charge is -2.38. The Kier molecular flexibility index (Phi) is 3.97. The van der Waals surface area contributed by atoms with Crippen LogP contribution in [0.15, 0.2) is 11.6 Å². The molecule has 1 nitrogen and oxygen atoms in total. The zero-order valence-corrected chi connectivity index (χ0v) is 11.7. The summed E-state index contributed by atoms with van der Waals surface area (Å²) in [6.45, 7) is 6.90. The molecule has 1 atom stereocenters. The van der Waals surface area contributed by atoms with Crippen LogP contribution in [0.1, 0.15) is 65.7 Å². The summed E-state index contributed by atoms with van der Waals surface area (Å²) in [5.74, 6) is 1.74. The molecule has 2 aliphatic rings. The van der Waals surface area contributed by atoms with Crippen LogP contribution in [-0.4, -0.2) is 11.2 Å². The number of allylic oxidation sites excluding steroid dienone is 1. The Morgan fingerprint density at radius 1 is 1.24 bits per heavy atom. The molecule has 0 amide bonds. The average Bonchev–Trinajstić information content (AvgIpc) is 2.26.